The predicted molar refractivity (Wildman–Crippen MR) is 63.3 cm³/mol. The van der Waals surface area contributed by atoms with E-state index >= 15 is 0 Å². The zero-order chi connectivity index (χ0) is 13.1. The third-order valence-electron chi connectivity index (χ3n) is 3.14. The summed E-state index contributed by atoms with van der Waals surface area (Å²) < 4.78 is 4.61. The molecule has 2 N–H and O–H groups in total. The van der Waals surface area contributed by atoms with Crippen LogP contribution >= 0.6 is 0 Å². The van der Waals surface area contributed by atoms with Gasteiger partial charge in [0.25, 0.3) is 0 Å². The van der Waals surface area contributed by atoms with Crippen molar-refractivity contribution < 1.29 is 19.7 Å². The van der Waals surface area contributed by atoms with Gasteiger partial charge in [0, 0.05) is 0 Å². The number of hydrogen-bond donors (Lipinski definition) is 2. The minimum atomic E-state index is -2.06. The molecule has 0 amide bonds. The Morgan fingerprint density at radius 1 is 1.29 bits per heavy atom. The van der Waals surface area contributed by atoms with Crippen LogP contribution in [-0.4, -0.2) is 28.9 Å². The first-order chi connectivity index (χ1) is 7.90. The third-order valence-corrected chi connectivity index (χ3v) is 3.14. The number of ether oxygens (including phenoxy) is 1. The molecule has 0 saturated heterocycles. The number of benzene rings is 1. The summed E-state index contributed by atoms with van der Waals surface area (Å²) in [5.74, 6) is -0.865. The van der Waals surface area contributed by atoms with Gasteiger partial charge in [-0.3, -0.25) is 0 Å². The molecule has 0 radical (unpaired) electrons. The summed E-state index contributed by atoms with van der Waals surface area (Å²) in [5.41, 5.74) is -3.34. The highest BCUT2D eigenvalue weighted by Crippen LogP contribution is 2.36. The minimum absolute atomic E-state index is 0.216. The molecular weight excluding hydrogens is 220 g/mol. The highest BCUT2D eigenvalue weighted by atomic mass is 16.5. The van der Waals surface area contributed by atoms with Gasteiger partial charge in [-0.05, 0) is 18.9 Å². The fourth-order valence-electron chi connectivity index (χ4n) is 1.73. The highest BCUT2D eigenvalue weighted by Gasteiger charge is 2.53. The van der Waals surface area contributed by atoms with E-state index in [9.17, 15) is 15.0 Å². The Bertz CT molecular complexity index is 386. The molecule has 0 aliphatic heterocycles. The Hall–Kier alpha value is -1.39. The molecule has 2 atom stereocenters. The lowest BCUT2D eigenvalue weighted by Gasteiger charge is -2.38. The lowest BCUT2D eigenvalue weighted by Crippen LogP contribution is -2.55. The summed E-state index contributed by atoms with van der Waals surface area (Å²) in [4.78, 5) is 11.8. The smallest absolute Gasteiger partial charge is 0.345 e. The molecule has 94 valence electrons. The Morgan fingerprint density at radius 2 is 1.82 bits per heavy atom. The predicted octanol–water partition coefficient (Wildman–Crippen LogP) is 1.21. The molecule has 0 aliphatic carbocycles. The fourth-order valence-corrected chi connectivity index (χ4v) is 1.73. The van der Waals surface area contributed by atoms with Crippen LogP contribution in [0.25, 0.3) is 0 Å². The van der Waals surface area contributed by atoms with Crippen molar-refractivity contribution in [2.24, 2.45) is 0 Å². The Kier molecular flexibility index (Phi) is 3.91. The van der Waals surface area contributed by atoms with Gasteiger partial charge in [-0.1, -0.05) is 37.3 Å². The highest BCUT2D eigenvalue weighted by molar-refractivity contribution is 5.82. The minimum Gasteiger partial charge on any atom is -0.467 e. The van der Waals surface area contributed by atoms with Gasteiger partial charge in [0.15, 0.2) is 0 Å². The molecule has 0 aromatic heterocycles. The number of aliphatic hydroxyl groups is 2. The summed E-state index contributed by atoms with van der Waals surface area (Å²) in [7, 11) is 1.18. The lowest BCUT2D eigenvalue weighted by atomic mass is 9.77. The Balaban J connectivity index is 3.35. The number of methoxy groups -OCH3 is 1. The molecule has 0 aliphatic rings. The van der Waals surface area contributed by atoms with Crippen molar-refractivity contribution in [2.45, 2.75) is 31.5 Å². The van der Waals surface area contributed by atoms with Crippen LogP contribution in [0, 0.1) is 0 Å². The molecule has 0 fully saturated rings. The van der Waals surface area contributed by atoms with Gasteiger partial charge in [-0.25, -0.2) is 4.79 Å². The zero-order valence-corrected chi connectivity index (χ0v) is 10.3. The summed E-state index contributed by atoms with van der Waals surface area (Å²) >= 11 is 0. The summed E-state index contributed by atoms with van der Waals surface area (Å²) in [6.07, 6.45) is 0.216. The molecule has 1 aromatic rings. The molecule has 1 rings (SSSR count). The molecule has 17 heavy (non-hydrogen) atoms. The maximum Gasteiger partial charge on any atom is 0.345 e. The maximum absolute atomic E-state index is 11.8. The summed E-state index contributed by atoms with van der Waals surface area (Å²) in [6.45, 7) is 3.10. The van der Waals surface area contributed by atoms with Gasteiger partial charge in [0.1, 0.15) is 5.60 Å². The van der Waals surface area contributed by atoms with Crippen molar-refractivity contribution in [3.05, 3.63) is 35.9 Å². The van der Waals surface area contributed by atoms with Crippen LogP contribution in [0.5, 0.6) is 0 Å². The molecule has 0 spiro atoms. The zero-order valence-electron chi connectivity index (χ0n) is 10.3. The van der Waals surface area contributed by atoms with Crippen molar-refractivity contribution in [1.82, 2.24) is 0 Å². The average molecular weight is 238 g/mol. The van der Waals surface area contributed by atoms with E-state index in [2.05, 4.69) is 4.74 Å². The largest absolute Gasteiger partial charge is 0.467 e. The molecule has 1 aromatic carbocycles. The summed E-state index contributed by atoms with van der Waals surface area (Å²) in [5, 5.41) is 20.8. The SMILES string of the molecule is CC[C@@](C)(O)[C@](O)(C(=O)OC)c1ccccc1. The number of carbonyl (C=O) groups excluding carboxylic acids is 1. The molecule has 4 heteroatoms. The first-order valence-corrected chi connectivity index (χ1v) is 5.49. The third kappa shape index (κ3) is 2.18. The number of rotatable bonds is 4. The van der Waals surface area contributed by atoms with E-state index in [1.54, 1.807) is 37.3 Å². The molecule has 4 nitrogen and oxygen atoms in total. The van der Waals surface area contributed by atoms with E-state index in [-0.39, 0.29) is 6.42 Å². The van der Waals surface area contributed by atoms with Crippen molar-refractivity contribution in [2.75, 3.05) is 7.11 Å². The van der Waals surface area contributed by atoms with Crippen molar-refractivity contribution in [3.63, 3.8) is 0 Å². The van der Waals surface area contributed by atoms with E-state index in [1.807, 2.05) is 0 Å². The fraction of sp³-hybridized carbons (Fsp3) is 0.462. The Morgan fingerprint density at radius 3 is 2.24 bits per heavy atom. The van der Waals surface area contributed by atoms with E-state index in [4.69, 9.17) is 0 Å². The summed E-state index contributed by atoms with van der Waals surface area (Å²) in [6, 6.07) is 8.31. The van der Waals surface area contributed by atoms with Gasteiger partial charge >= 0.3 is 5.97 Å². The molecule has 0 unspecified atom stereocenters. The first-order valence-electron chi connectivity index (χ1n) is 5.49. The van der Waals surface area contributed by atoms with Gasteiger partial charge in [0.05, 0.1) is 7.11 Å². The maximum atomic E-state index is 11.8. The normalized spacial score (nSPS) is 17.9. The number of hydrogen-bond acceptors (Lipinski definition) is 4. The van der Waals surface area contributed by atoms with Gasteiger partial charge in [0.2, 0.25) is 5.60 Å². The Labute approximate surface area is 101 Å². The first kappa shape index (κ1) is 13.7. The monoisotopic (exact) mass is 238 g/mol. The van der Waals surface area contributed by atoms with Crippen LogP contribution in [-0.2, 0) is 15.1 Å². The topological polar surface area (TPSA) is 66.8 Å². The van der Waals surface area contributed by atoms with Crippen LogP contribution in [0.15, 0.2) is 30.3 Å². The average Bonchev–Trinajstić information content (AvgIpc) is 2.37. The number of carbonyl (C=O) groups is 1. The second-order valence-electron chi connectivity index (χ2n) is 4.20. The standard InChI is InChI=1S/C13H18O4/c1-4-12(2,15)13(16,11(14)17-3)10-8-6-5-7-9-10/h5-9,15-16H,4H2,1-3H3/t12-,13-/m1/s1. The van der Waals surface area contributed by atoms with Crippen LogP contribution < -0.4 is 0 Å². The van der Waals surface area contributed by atoms with Crippen LogP contribution in [0.3, 0.4) is 0 Å². The van der Waals surface area contributed by atoms with E-state index in [0.717, 1.165) is 0 Å². The molecule has 0 heterocycles. The van der Waals surface area contributed by atoms with E-state index < -0.39 is 17.2 Å². The van der Waals surface area contributed by atoms with Crippen molar-refractivity contribution in [3.8, 4) is 0 Å². The van der Waals surface area contributed by atoms with E-state index in [0.29, 0.717) is 5.56 Å². The van der Waals surface area contributed by atoms with Crippen molar-refractivity contribution in [1.29, 1.82) is 0 Å². The van der Waals surface area contributed by atoms with Gasteiger partial charge in [-0.2, -0.15) is 0 Å². The molecule has 0 saturated carbocycles. The van der Waals surface area contributed by atoms with Crippen LogP contribution in [0.4, 0.5) is 0 Å². The quantitative estimate of drug-likeness (QED) is 0.774. The van der Waals surface area contributed by atoms with E-state index in [1.165, 1.54) is 14.0 Å². The van der Waals surface area contributed by atoms with Crippen LogP contribution in [0.1, 0.15) is 25.8 Å². The van der Waals surface area contributed by atoms with Gasteiger partial charge < -0.3 is 14.9 Å². The van der Waals surface area contributed by atoms with Gasteiger partial charge in [-0.15, -0.1) is 0 Å². The second-order valence-corrected chi connectivity index (χ2v) is 4.20. The number of esters is 1. The molecule has 0 bridgehead atoms. The van der Waals surface area contributed by atoms with Crippen molar-refractivity contribution >= 4 is 5.97 Å². The molecular formula is C13H18O4. The second kappa shape index (κ2) is 4.85. The van der Waals surface area contributed by atoms with Crippen LogP contribution in [0.2, 0.25) is 0 Å². The lowest BCUT2D eigenvalue weighted by molar-refractivity contribution is -0.196.